The highest BCUT2D eigenvalue weighted by molar-refractivity contribution is 5.99. The summed E-state index contributed by atoms with van der Waals surface area (Å²) in [6.07, 6.45) is 1.30. The maximum atomic E-state index is 16.6. The molecule has 0 N–H and O–H groups in total. The number of anilines is 1. The number of nitrogens with zero attached hydrogens (tertiary/aromatic N) is 2. The van der Waals surface area contributed by atoms with Crippen LogP contribution in [0.15, 0.2) is 66.9 Å². The third-order valence-electron chi connectivity index (χ3n) is 7.10. The first-order chi connectivity index (χ1) is 21.8. The third-order valence-corrected chi connectivity index (χ3v) is 7.10. The number of amides is 1. The molecule has 240 valence electrons. The van der Waals surface area contributed by atoms with Gasteiger partial charge >= 0.3 is 18.2 Å². The number of aromatic nitrogens is 1. The van der Waals surface area contributed by atoms with E-state index in [9.17, 15) is 9.59 Å². The van der Waals surface area contributed by atoms with E-state index >= 15 is 4.39 Å². The highest BCUT2D eigenvalue weighted by atomic mass is 19.1. The molecule has 0 saturated carbocycles. The Kier molecular flexibility index (Phi) is 11.5. The van der Waals surface area contributed by atoms with Crippen molar-refractivity contribution < 1.29 is 37.8 Å². The molecule has 0 bridgehead atoms. The predicted molar refractivity (Wildman–Crippen MR) is 171 cm³/mol. The third kappa shape index (κ3) is 8.02. The molecule has 0 aliphatic heterocycles. The molecule has 4 aromatic rings. The van der Waals surface area contributed by atoms with Crippen LogP contribution in [0.1, 0.15) is 53.5 Å². The first kappa shape index (κ1) is 35.1. The molecule has 4 rings (SSSR count). The molecule has 1 heterocycles. The van der Waals surface area contributed by atoms with Gasteiger partial charge in [0.2, 0.25) is 0 Å². The smallest absolute Gasteiger partial charge is 0.415 e. The molecule has 0 fully saturated rings. The second-order valence-corrected chi connectivity index (χ2v) is 11.4. The fourth-order valence-electron chi connectivity index (χ4n) is 5.00. The number of ether oxygens (including phenoxy) is 3. The molecule has 0 spiro atoms. The maximum Gasteiger partial charge on any atom is 0.415 e. The Balaban J connectivity index is 0.00000185. The summed E-state index contributed by atoms with van der Waals surface area (Å²) >= 11 is 0. The zero-order chi connectivity index (χ0) is 34.2. The van der Waals surface area contributed by atoms with Gasteiger partial charge in [0.15, 0.2) is 0 Å². The molecule has 10 heteroatoms. The van der Waals surface area contributed by atoms with Crippen LogP contribution in [0.25, 0.3) is 22.3 Å². The molecule has 0 unspecified atom stereocenters. The van der Waals surface area contributed by atoms with E-state index < -0.39 is 23.5 Å². The van der Waals surface area contributed by atoms with Crippen LogP contribution < -0.4 is 9.64 Å². The molecule has 0 saturated heterocycles. The van der Waals surface area contributed by atoms with Gasteiger partial charge in [-0.05, 0) is 76.4 Å². The van der Waals surface area contributed by atoms with Gasteiger partial charge < -0.3 is 14.2 Å². The largest absolute Gasteiger partial charge is 0.496 e. The van der Waals surface area contributed by atoms with E-state index in [1.54, 1.807) is 70.5 Å². The van der Waals surface area contributed by atoms with E-state index in [-0.39, 0.29) is 29.4 Å². The first-order valence-corrected chi connectivity index (χ1v) is 14.3. The van der Waals surface area contributed by atoms with Gasteiger partial charge in [0.1, 0.15) is 17.2 Å². The summed E-state index contributed by atoms with van der Waals surface area (Å²) in [6.45, 7) is 11.0. The Labute approximate surface area is 267 Å². The monoisotopic (exact) mass is 628 g/mol. The van der Waals surface area contributed by atoms with Gasteiger partial charge in [-0.1, -0.05) is 42.5 Å². The van der Waals surface area contributed by atoms with Crippen LogP contribution in [-0.4, -0.2) is 43.0 Å². The normalized spacial score (nSPS) is 10.6. The second kappa shape index (κ2) is 15.1. The SMILES string of the molecule is COC(=O)c1ccccc1-c1cc(N(Cc2ncc(C)c(OC)c2C)C(=O)OC(C)(C)C)cc(-c2ccccc2C)c1F.O=C=O. The van der Waals surface area contributed by atoms with Gasteiger partial charge in [0.05, 0.1) is 32.0 Å². The Morgan fingerprint density at radius 1 is 0.870 bits per heavy atom. The molecule has 46 heavy (non-hydrogen) atoms. The van der Waals surface area contributed by atoms with Crippen LogP contribution in [0.3, 0.4) is 0 Å². The summed E-state index contributed by atoms with van der Waals surface area (Å²) in [5, 5.41) is 0. The van der Waals surface area contributed by atoms with E-state index in [0.717, 1.165) is 16.7 Å². The fourth-order valence-corrected chi connectivity index (χ4v) is 5.00. The number of pyridine rings is 1. The maximum absolute atomic E-state index is 16.6. The highest BCUT2D eigenvalue weighted by Crippen LogP contribution is 2.39. The van der Waals surface area contributed by atoms with Gasteiger partial charge in [0.25, 0.3) is 0 Å². The van der Waals surface area contributed by atoms with Crippen molar-refractivity contribution in [1.82, 2.24) is 4.98 Å². The number of hydrogen-bond acceptors (Lipinski definition) is 8. The lowest BCUT2D eigenvalue weighted by molar-refractivity contribution is -0.191. The minimum Gasteiger partial charge on any atom is -0.496 e. The zero-order valence-electron chi connectivity index (χ0n) is 27.2. The lowest BCUT2D eigenvalue weighted by Crippen LogP contribution is -2.37. The summed E-state index contributed by atoms with van der Waals surface area (Å²) in [5.41, 5.74) is 4.20. The van der Waals surface area contributed by atoms with Crippen LogP contribution in [0.4, 0.5) is 14.9 Å². The van der Waals surface area contributed by atoms with Crippen LogP contribution in [0.5, 0.6) is 5.75 Å². The second-order valence-electron chi connectivity index (χ2n) is 11.4. The number of rotatable bonds is 7. The minimum atomic E-state index is -0.804. The average Bonchev–Trinajstić information content (AvgIpc) is 3.01. The molecule has 1 aromatic heterocycles. The number of benzene rings is 3. The van der Waals surface area contributed by atoms with Gasteiger partial charge in [-0.25, -0.2) is 14.0 Å². The van der Waals surface area contributed by atoms with Crippen molar-refractivity contribution in [3.05, 3.63) is 101 Å². The van der Waals surface area contributed by atoms with Crippen LogP contribution in [0, 0.1) is 26.6 Å². The van der Waals surface area contributed by atoms with Crippen LogP contribution in [-0.2, 0) is 25.6 Å². The molecule has 3 aromatic carbocycles. The topological polar surface area (TPSA) is 112 Å². The van der Waals surface area contributed by atoms with Crippen molar-refractivity contribution in [3.8, 4) is 28.0 Å². The zero-order valence-corrected chi connectivity index (χ0v) is 27.2. The van der Waals surface area contributed by atoms with E-state index in [0.29, 0.717) is 28.3 Å². The number of methoxy groups -OCH3 is 2. The van der Waals surface area contributed by atoms with E-state index in [1.165, 1.54) is 12.0 Å². The summed E-state index contributed by atoms with van der Waals surface area (Å²) in [6, 6.07) is 17.3. The van der Waals surface area contributed by atoms with E-state index in [4.69, 9.17) is 23.8 Å². The number of halogens is 1. The summed E-state index contributed by atoms with van der Waals surface area (Å²) in [4.78, 5) is 48.9. The van der Waals surface area contributed by atoms with Gasteiger partial charge in [-0.15, -0.1) is 0 Å². The molecule has 9 nitrogen and oxygen atoms in total. The Bertz CT molecular complexity index is 1770. The number of carbonyl (C=O) groups is 2. The van der Waals surface area contributed by atoms with Crippen molar-refractivity contribution in [2.75, 3.05) is 19.1 Å². The van der Waals surface area contributed by atoms with E-state index in [1.807, 2.05) is 45.0 Å². The average molecular weight is 629 g/mol. The Hall–Kier alpha value is -5.34. The van der Waals surface area contributed by atoms with Gasteiger partial charge in [-0.3, -0.25) is 9.88 Å². The summed E-state index contributed by atoms with van der Waals surface area (Å²) in [7, 11) is 2.87. The lowest BCUT2D eigenvalue weighted by atomic mass is 9.92. The van der Waals surface area contributed by atoms with Crippen molar-refractivity contribution in [2.45, 2.75) is 53.7 Å². The first-order valence-electron chi connectivity index (χ1n) is 14.3. The van der Waals surface area contributed by atoms with Crippen molar-refractivity contribution >= 4 is 23.9 Å². The van der Waals surface area contributed by atoms with Crippen molar-refractivity contribution in [1.29, 1.82) is 0 Å². The van der Waals surface area contributed by atoms with E-state index in [2.05, 4.69) is 4.98 Å². The van der Waals surface area contributed by atoms with Gasteiger partial charge in [0, 0.05) is 34.1 Å². The predicted octanol–water partition coefficient (Wildman–Crippen LogP) is 7.63. The van der Waals surface area contributed by atoms with Crippen LogP contribution >= 0.6 is 0 Å². The van der Waals surface area contributed by atoms with Crippen molar-refractivity contribution in [2.24, 2.45) is 0 Å². The number of carbonyl (C=O) groups excluding carboxylic acids is 4. The number of hydrogen-bond donors (Lipinski definition) is 0. The molecule has 0 aliphatic rings. The Morgan fingerprint density at radius 3 is 2.00 bits per heavy atom. The molecular weight excluding hydrogens is 591 g/mol. The van der Waals surface area contributed by atoms with Crippen LogP contribution in [0.2, 0.25) is 0 Å². The number of esters is 1. The summed E-state index contributed by atoms with van der Waals surface area (Å²) < 4.78 is 33.0. The van der Waals surface area contributed by atoms with Gasteiger partial charge in [-0.2, -0.15) is 9.59 Å². The highest BCUT2D eigenvalue weighted by Gasteiger charge is 2.28. The quantitative estimate of drug-likeness (QED) is 0.192. The molecule has 0 radical (unpaired) electrons. The molecular formula is C36H37FN2O7. The standard InChI is InChI=1S/C35H37FN2O5.CO2/c1-21-13-9-10-14-25(21)28-17-24(18-29(31(28)36)26-15-11-12-16-27(26)33(39)42-8)38(34(40)43-35(4,5)6)20-30-23(3)32(41-7)22(2)19-37-30;2-1-3/h9-19H,20H2,1-8H3;. The molecule has 0 aliphatic carbocycles. The fraction of sp³-hybridized carbons (Fsp3) is 0.278. The minimum absolute atomic E-state index is 0.0221. The molecule has 0 atom stereocenters. The Morgan fingerprint density at radius 2 is 1.43 bits per heavy atom. The molecule has 1 amide bonds. The number of aryl methyl sites for hydroxylation is 2. The van der Waals surface area contributed by atoms with Crippen molar-refractivity contribution in [3.63, 3.8) is 0 Å². The lowest BCUT2D eigenvalue weighted by Gasteiger charge is -2.29. The summed E-state index contributed by atoms with van der Waals surface area (Å²) in [5.74, 6) is -0.472.